The first-order valence-corrected chi connectivity index (χ1v) is 6.46. The number of esters is 1. The number of rotatable bonds is 5. The second kappa shape index (κ2) is 7.42. The Hall–Kier alpha value is -2.37. The first-order valence-electron chi connectivity index (χ1n) is 6.46. The van der Waals surface area contributed by atoms with Gasteiger partial charge in [0.15, 0.2) is 6.61 Å². The summed E-state index contributed by atoms with van der Waals surface area (Å²) in [6.07, 6.45) is 1.46. The number of carbonyl (C=O) groups is 2. The monoisotopic (exact) mass is 292 g/mol. The Bertz CT molecular complexity index is 515. The molecule has 114 valence electrons. The highest BCUT2D eigenvalue weighted by molar-refractivity contribution is 5.90. The summed E-state index contributed by atoms with van der Waals surface area (Å²) >= 11 is 0. The second-order valence-electron chi connectivity index (χ2n) is 5.42. The Labute approximate surface area is 124 Å². The van der Waals surface area contributed by atoms with E-state index in [-0.39, 0.29) is 18.1 Å². The van der Waals surface area contributed by atoms with Crippen molar-refractivity contribution in [3.05, 3.63) is 35.4 Å². The summed E-state index contributed by atoms with van der Waals surface area (Å²) in [5, 5.41) is 6.46. The number of oxime groups is 1. The fourth-order valence-corrected chi connectivity index (χ4v) is 1.47. The van der Waals surface area contributed by atoms with Crippen LogP contribution in [0.5, 0.6) is 0 Å². The second-order valence-corrected chi connectivity index (χ2v) is 5.42. The highest BCUT2D eigenvalue weighted by Gasteiger charge is 2.13. The Kier molecular flexibility index (Phi) is 5.90. The van der Waals surface area contributed by atoms with Crippen molar-refractivity contribution in [1.82, 2.24) is 5.32 Å². The molecule has 0 heterocycles. The number of amides is 1. The molecule has 1 aromatic rings. The fourth-order valence-electron chi connectivity index (χ4n) is 1.47. The van der Waals surface area contributed by atoms with Crippen LogP contribution >= 0.6 is 0 Å². The van der Waals surface area contributed by atoms with Crippen molar-refractivity contribution in [2.24, 2.45) is 5.16 Å². The fraction of sp³-hybridized carbons (Fsp3) is 0.400. The summed E-state index contributed by atoms with van der Waals surface area (Å²) in [5.74, 6) is -0.630. The van der Waals surface area contributed by atoms with Crippen LogP contribution < -0.4 is 5.32 Å². The molecule has 0 atom stereocenters. The van der Waals surface area contributed by atoms with Crippen LogP contribution in [0.1, 0.15) is 36.7 Å². The van der Waals surface area contributed by atoms with Crippen LogP contribution in [0.4, 0.5) is 0 Å². The van der Waals surface area contributed by atoms with Gasteiger partial charge in [-0.3, -0.25) is 4.79 Å². The molecule has 0 aliphatic rings. The number of nitrogens with one attached hydrogen (secondary N) is 1. The highest BCUT2D eigenvalue weighted by Crippen LogP contribution is 2.04. The molecule has 1 rings (SSSR count). The summed E-state index contributed by atoms with van der Waals surface area (Å²) in [5.41, 5.74) is 0.910. The molecule has 0 bridgehead atoms. The van der Waals surface area contributed by atoms with E-state index >= 15 is 0 Å². The van der Waals surface area contributed by atoms with Crippen LogP contribution in [0.15, 0.2) is 29.4 Å². The van der Waals surface area contributed by atoms with Crippen LogP contribution in [0, 0.1) is 0 Å². The third-order valence-electron chi connectivity index (χ3n) is 2.32. The average Bonchev–Trinajstić information content (AvgIpc) is 2.41. The molecule has 0 aromatic heterocycles. The molecule has 0 aliphatic heterocycles. The number of methoxy groups -OCH3 is 1. The molecular weight excluding hydrogens is 272 g/mol. The molecular formula is C15H20N2O4. The van der Waals surface area contributed by atoms with Crippen molar-refractivity contribution in [2.45, 2.75) is 26.3 Å². The Morgan fingerprint density at radius 2 is 1.86 bits per heavy atom. The Morgan fingerprint density at radius 1 is 1.24 bits per heavy atom. The smallest absolute Gasteiger partial charge is 0.337 e. The van der Waals surface area contributed by atoms with E-state index in [1.807, 2.05) is 20.8 Å². The molecule has 0 spiro atoms. The summed E-state index contributed by atoms with van der Waals surface area (Å²) in [6.45, 7) is 5.51. The van der Waals surface area contributed by atoms with Crippen LogP contribution in [0.2, 0.25) is 0 Å². The number of nitrogens with zero attached hydrogens (tertiary/aromatic N) is 1. The van der Waals surface area contributed by atoms with Crippen LogP contribution in [0.3, 0.4) is 0 Å². The molecule has 0 saturated carbocycles. The SMILES string of the molecule is COC(=O)c1ccc(/C=N/OCC(=O)NC(C)(C)C)cc1. The third-order valence-corrected chi connectivity index (χ3v) is 2.32. The third kappa shape index (κ3) is 6.56. The van der Waals surface area contributed by atoms with Crippen LogP contribution in [-0.4, -0.2) is 37.3 Å². The Morgan fingerprint density at radius 3 is 2.38 bits per heavy atom. The molecule has 6 nitrogen and oxygen atoms in total. The molecule has 6 heteroatoms. The van der Waals surface area contributed by atoms with Gasteiger partial charge in [-0.1, -0.05) is 17.3 Å². The molecule has 1 amide bonds. The normalized spacial score (nSPS) is 11.2. The van der Waals surface area contributed by atoms with Gasteiger partial charge in [0.05, 0.1) is 18.9 Å². The Balaban J connectivity index is 2.44. The van der Waals surface area contributed by atoms with Gasteiger partial charge >= 0.3 is 5.97 Å². The van der Waals surface area contributed by atoms with Gasteiger partial charge in [0.2, 0.25) is 0 Å². The lowest BCUT2D eigenvalue weighted by molar-refractivity contribution is -0.127. The zero-order valence-electron chi connectivity index (χ0n) is 12.7. The lowest BCUT2D eigenvalue weighted by atomic mass is 10.1. The van der Waals surface area contributed by atoms with Crippen LogP contribution in [-0.2, 0) is 14.4 Å². The van der Waals surface area contributed by atoms with E-state index in [1.54, 1.807) is 24.3 Å². The zero-order valence-corrected chi connectivity index (χ0v) is 12.7. The summed E-state index contributed by atoms with van der Waals surface area (Å²) < 4.78 is 4.60. The minimum absolute atomic E-state index is 0.145. The first-order chi connectivity index (χ1) is 9.81. The van der Waals surface area contributed by atoms with E-state index in [0.29, 0.717) is 5.56 Å². The minimum atomic E-state index is -0.395. The lowest BCUT2D eigenvalue weighted by Gasteiger charge is -2.19. The van der Waals surface area contributed by atoms with E-state index in [9.17, 15) is 9.59 Å². The van der Waals surface area contributed by atoms with Gasteiger partial charge in [0.1, 0.15) is 0 Å². The maximum absolute atomic E-state index is 11.5. The number of hydrogen-bond donors (Lipinski definition) is 1. The molecule has 21 heavy (non-hydrogen) atoms. The van der Waals surface area contributed by atoms with Crippen molar-refractivity contribution in [1.29, 1.82) is 0 Å². The van der Waals surface area contributed by atoms with Gasteiger partial charge in [0.25, 0.3) is 5.91 Å². The molecule has 0 aliphatic carbocycles. The maximum Gasteiger partial charge on any atom is 0.337 e. The molecule has 0 fully saturated rings. The van der Waals surface area contributed by atoms with Gasteiger partial charge in [-0.15, -0.1) is 0 Å². The van der Waals surface area contributed by atoms with Crippen LogP contribution in [0.25, 0.3) is 0 Å². The highest BCUT2D eigenvalue weighted by atomic mass is 16.6. The summed E-state index contributed by atoms with van der Waals surface area (Å²) in [6, 6.07) is 6.65. The first kappa shape index (κ1) is 16.7. The van der Waals surface area contributed by atoms with Crippen molar-refractivity contribution in [3.8, 4) is 0 Å². The van der Waals surface area contributed by atoms with Crippen molar-refractivity contribution < 1.29 is 19.2 Å². The van der Waals surface area contributed by atoms with E-state index in [2.05, 4.69) is 15.2 Å². The summed E-state index contributed by atoms with van der Waals surface area (Å²) in [7, 11) is 1.33. The zero-order chi connectivity index (χ0) is 15.9. The summed E-state index contributed by atoms with van der Waals surface area (Å²) in [4.78, 5) is 27.6. The lowest BCUT2D eigenvalue weighted by Crippen LogP contribution is -2.42. The van der Waals surface area contributed by atoms with E-state index in [0.717, 1.165) is 5.56 Å². The van der Waals surface area contributed by atoms with Crippen molar-refractivity contribution >= 4 is 18.1 Å². The maximum atomic E-state index is 11.5. The molecule has 0 saturated heterocycles. The quantitative estimate of drug-likeness (QED) is 0.509. The van der Waals surface area contributed by atoms with Gasteiger partial charge in [-0.05, 0) is 38.5 Å². The van der Waals surface area contributed by atoms with E-state index in [4.69, 9.17) is 4.84 Å². The number of carbonyl (C=O) groups excluding carboxylic acids is 2. The van der Waals surface area contributed by atoms with Gasteiger partial charge in [-0.2, -0.15) is 0 Å². The average molecular weight is 292 g/mol. The van der Waals surface area contributed by atoms with Gasteiger partial charge in [-0.25, -0.2) is 4.79 Å². The predicted molar refractivity (Wildman–Crippen MR) is 79.2 cm³/mol. The minimum Gasteiger partial charge on any atom is -0.465 e. The number of ether oxygens (including phenoxy) is 1. The standard InChI is InChI=1S/C15H20N2O4/c1-15(2,3)17-13(18)10-21-16-9-11-5-7-12(8-6-11)14(19)20-4/h5-9H,10H2,1-4H3,(H,17,18)/b16-9+. The molecule has 1 N–H and O–H groups in total. The van der Waals surface area contributed by atoms with Gasteiger partial charge < -0.3 is 14.9 Å². The van der Waals surface area contributed by atoms with Crippen molar-refractivity contribution in [2.75, 3.05) is 13.7 Å². The predicted octanol–water partition coefficient (Wildman–Crippen LogP) is 1.74. The number of hydrogen-bond acceptors (Lipinski definition) is 5. The molecule has 0 radical (unpaired) electrons. The molecule has 1 aromatic carbocycles. The van der Waals surface area contributed by atoms with E-state index in [1.165, 1.54) is 13.3 Å². The van der Waals surface area contributed by atoms with E-state index < -0.39 is 5.97 Å². The van der Waals surface area contributed by atoms with Gasteiger partial charge in [0, 0.05) is 5.54 Å². The molecule has 0 unspecified atom stereocenters. The topological polar surface area (TPSA) is 77.0 Å². The number of benzene rings is 1. The largest absolute Gasteiger partial charge is 0.465 e. The van der Waals surface area contributed by atoms with Crippen molar-refractivity contribution in [3.63, 3.8) is 0 Å².